The number of halogens is 2. The number of benzene rings is 1. The van der Waals surface area contributed by atoms with Crippen molar-refractivity contribution >= 4 is 5.91 Å². The van der Waals surface area contributed by atoms with E-state index in [1.54, 1.807) is 4.90 Å². The topological polar surface area (TPSA) is 58.8 Å². The van der Waals surface area contributed by atoms with Crippen molar-refractivity contribution in [2.24, 2.45) is 5.73 Å². The van der Waals surface area contributed by atoms with Gasteiger partial charge in [-0.05, 0) is 24.7 Å². The maximum atomic E-state index is 13.7. The van der Waals surface area contributed by atoms with Gasteiger partial charge in [0.1, 0.15) is 0 Å². The molecule has 0 unspecified atom stereocenters. The van der Waals surface area contributed by atoms with Crippen molar-refractivity contribution in [1.82, 2.24) is 9.80 Å². The number of amides is 1. The Hall–Kier alpha value is -1.73. The van der Waals surface area contributed by atoms with Gasteiger partial charge in [-0.15, -0.1) is 0 Å². The van der Waals surface area contributed by atoms with Gasteiger partial charge < -0.3 is 20.3 Å². The van der Waals surface area contributed by atoms with Crippen molar-refractivity contribution < 1.29 is 18.3 Å². The first-order chi connectivity index (χ1) is 10.0. The summed E-state index contributed by atoms with van der Waals surface area (Å²) in [4.78, 5) is 15.7. The molecule has 1 aliphatic heterocycles. The van der Waals surface area contributed by atoms with Crippen LogP contribution in [0.4, 0.5) is 8.78 Å². The van der Waals surface area contributed by atoms with Gasteiger partial charge in [0.05, 0.1) is 0 Å². The first-order valence-electron chi connectivity index (χ1n) is 6.78. The molecular formula is C14H19F2N3O2. The molecule has 0 aromatic heterocycles. The Kier molecular flexibility index (Phi) is 5.08. The lowest BCUT2D eigenvalue weighted by atomic mass is 10.2. The van der Waals surface area contributed by atoms with Gasteiger partial charge in [0, 0.05) is 32.7 Å². The third kappa shape index (κ3) is 3.89. The Balaban J connectivity index is 1.95. The van der Waals surface area contributed by atoms with Crippen LogP contribution in [0.2, 0.25) is 0 Å². The largest absolute Gasteiger partial charge is 0.478 e. The fraction of sp³-hybridized carbons (Fsp3) is 0.500. The molecule has 21 heavy (non-hydrogen) atoms. The molecule has 1 fully saturated rings. The monoisotopic (exact) mass is 299 g/mol. The first kappa shape index (κ1) is 15.7. The molecule has 116 valence electrons. The quantitative estimate of drug-likeness (QED) is 0.883. The van der Waals surface area contributed by atoms with E-state index in [1.165, 1.54) is 0 Å². The molecule has 7 heteroatoms. The maximum absolute atomic E-state index is 13.7. The van der Waals surface area contributed by atoms with E-state index in [2.05, 4.69) is 4.90 Å². The minimum absolute atomic E-state index is 0.0361. The molecule has 2 N–H and O–H groups in total. The van der Waals surface area contributed by atoms with Gasteiger partial charge in [-0.25, -0.2) is 8.78 Å². The average molecular weight is 299 g/mol. The summed E-state index contributed by atoms with van der Waals surface area (Å²) >= 11 is 0. The first-order valence-corrected chi connectivity index (χ1v) is 6.78. The van der Waals surface area contributed by atoms with E-state index in [4.69, 9.17) is 10.5 Å². The Morgan fingerprint density at radius 2 is 1.81 bits per heavy atom. The highest BCUT2D eigenvalue weighted by Crippen LogP contribution is 2.23. The number of hydrogen-bond acceptors (Lipinski definition) is 4. The molecule has 2 rings (SSSR count). The van der Waals surface area contributed by atoms with Gasteiger partial charge in [-0.1, -0.05) is 0 Å². The van der Waals surface area contributed by atoms with E-state index in [-0.39, 0.29) is 19.1 Å². The van der Waals surface area contributed by atoms with Crippen molar-refractivity contribution in [2.75, 3.05) is 39.8 Å². The molecule has 1 amide bonds. The SMILES string of the molecule is CN1CCN(C(=O)COc2c(F)cc(CN)cc2F)CC1. The van der Waals surface area contributed by atoms with Gasteiger partial charge >= 0.3 is 0 Å². The number of rotatable bonds is 4. The summed E-state index contributed by atoms with van der Waals surface area (Å²) in [5, 5.41) is 0. The van der Waals surface area contributed by atoms with E-state index >= 15 is 0 Å². The second-order valence-electron chi connectivity index (χ2n) is 5.07. The fourth-order valence-corrected chi connectivity index (χ4v) is 2.15. The summed E-state index contributed by atoms with van der Waals surface area (Å²) in [6.45, 7) is 2.40. The van der Waals surface area contributed by atoms with Crippen molar-refractivity contribution in [3.05, 3.63) is 29.3 Å². The van der Waals surface area contributed by atoms with Crippen LogP contribution in [0.5, 0.6) is 5.75 Å². The number of piperazine rings is 1. The Labute approximate surface area is 122 Å². The van der Waals surface area contributed by atoms with Gasteiger partial charge in [0.25, 0.3) is 5.91 Å². The molecule has 0 spiro atoms. The standard InChI is InChI=1S/C14H19F2N3O2/c1-18-2-4-19(5-3-18)13(20)9-21-14-11(15)6-10(8-17)7-12(14)16/h6-7H,2-5,8-9,17H2,1H3. The lowest BCUT2D eigenvalue weighted by molar-refractivity contribution is -0.135. The van der Waals surface area contributed by atoms with Crippen molar-refractivity contribution in [3.63, 3.8) is 0 Å². The molecule has 1 saturated heterocycles. The smallest absolute Gasteiger partial charge is 0.260 e. The summed E-state index contributed by atoms with van der Waals surface area (Å²) < 4.78 is 32.4. The van der Waals surface area contributed by atoms with Crippen molar-refractivity contribution in [2.45, 2.75) is 6.54 Å². The van der Waals surface area contributed by atoms with Crippen LogP contribution in [-0.4, -0.2) is 55.5 Å². The van der Waals surface area contributed by atoms with E-state index in [1.807, 2.05) is 7.05 Å². The molecule has 0 radical (unpaired) electrons. The van der Waals surface area contributed by atoms with Crippen molar-refractivity contribution in [3.8, 4) is 5.75 Å². The lowest BCUT2D eigenvalue weighted by Gasteiger charge is -2.32. The number of ether oxygens (including phenoxy) is 1. The average Bonchev–Trinajstić information content (AvgIpc) is 2.46. The van der Waals surface area contributed by atoms with Crippen LogP contribution in [0.3, 0.4) is 0 Å². The van der Waals surface area contributed by atoms with E-state index in [9.17, 15) is 13.6 Å². The minimum Gasteiger partial charge on any atom is -0.478 e. The normalized spacial score (nSPS) is 16.1. The van der Waals surface area contributed by atoms with Gasteiger partial charge in [0.15, 0.2) is 24.0 Å². The summed E-state index contributed by atoms with van der Waals surface area (Å²) in [5.41, 5.74) is 5.67. The molecule has 1 aromatic carbocycles. The highest BCUT2D eigenvalue weighted by Gasteiger charge is 2.21. The summed E-state index contributed by atoms with van der Waals surface area (Å²) in [5.74, 6) is -2.50. The Bertz CT molecular complexity index is 494. The van der Waals surface area contributed by atoms with Crippen LogP contribution in [0.1, 0.15) is 5.56 Å². The third-order valence-electron chi connectivity index (χ3n) is 3.49. The highest BCUT2D eigenvalue weighted by atomic mass is 19.1. The van der Waals surface area contributed by atoms with Crippen molar-refractivity contribution in [1.29, 1.82) is 0 Å². The second-order valence-corrected chi connectivity index (χ2v) is 5.07. The van der Waals surface area contributed by atoms with Gasteiger partial charge in [0.2, 0.25) is 0 Å². The number of carbonyl (C=O) groups is 1. The summed E-state index contributed by atoms with van der Waals surface area (Å²) in [6, 6.07) is 2.22. The molecule has 1 heterocycles. The number of hydrogen-bond donors (Lipinski definition) is 1. The summed E-state index contributed by atoms with van der Waals surface area (Å²) in [6.07, 6.45) is 0. The van der Waals surface area contributed by atoms with Crippen LogP contribution in [0.15, 0.2) is 12.1 Å². The van der Waals surface area contributed by atoms with E-state index in [0.29, 0.717) is 18.7 Å². The molecule has 0 atom stereocenters. The van der Waals surface area contributed by atoms with E-state index < -0.39 is 17.4 Å². The number of nitrogens with zero attached hydrogens (tertiary/aromatic N) is 2. The molecule has 0 saturated carbocycles. The van der Waals surface area contributed by atoms with Crippen LogP contribution in [0, 0.1) is 11.6 Å². The maximum Gasteiger partial charge on any atom is 0.260 e. The van der Waals surface area contributed by atoms with Crippen LogP contribution in [-0.2, 0) is 11.3 Å². The second kappa shape index (κ2) is 6.82. The number of nitrogens with two attached hydrogens (primary N) is 1. The molecule has 1 aromatic rings. The van der Waals surface area contributed by atoms with Gasteiger partial charge in [-0.2, -0.15) is 0 Å². The molecule has 0 bridgehead atoms. The van der Waals surface area contributed by atoms with Crippen LogP contribution < -0.4 is 10.5 Å². The zero-order valence-electron chi connectivity index (χ0n) is 11.9. The van der Waals surface area contributed by atoms with E-state index in [0.717, 1.165) is 25.2 Å². The Morgan fingerprint density at radius 3 is 2.33 bits per heavy atom. The zero-order chi connectivity index (χ0) is 15.4. The lowest BCUT2D eigenvalue weighted by Crippen LogP contribution is -2.48. The highest BCUT2D eigenvalue weighted by molar-refractivity contribution is 5.77. The third-order valence-corrected chi connectivity index (χ3v) is 3.49. The summed E-state index contributed by atoms with van der Waals surface area (Å²) in [7, 11) is 1.97. The Morgan fingerprint density at radius 1 is 1.24 bits per heavy atom. The molecule has 1 aliphatic rings. The predicted molar refractivity (Wildman–Crippen MR) is 73.8 cm³/mol. The molecular weight excluding hydrogens is 280 g/mol. The predicted octanol–water partition coefficient (Wildman–Crippen LogP) is 0.576. The number of carbonyl (C=O) groups excluding carboxylic acids is 1. The molecule has 5 nitrogen and oxygen atoms in total. The van der Waals surface area contributed by atoms with Gasteiger partial charge in [-0.3, -0.25) is 4.79 Å². The fourth-order valence-electron chi connectivity index (χ4n) is 2.15. The van der Waals surface area contributed by atoms with Crippen LogP contribution >= 0.6 is 0 Å². The zero-order valence-corrected chi connectivity index (χ0v) is 11.9. The van der Waals surface area contributed by atoms with Crippen LogP contribution in [0.25, 0.3) is 0 Å². The number of likely N-dealkylation sites (N-methyl/N-ethyl adjacent to an activating group) is 1. The minimum atomic E-state index is -0.846. The molecule has 0 aliphatic carbocycles.